The molecular weight excluding hydrogens is 196 g/mol. The molecule has 0 bridgehead atoms. The van der Waals surface area contributed by atoms with Gasteiger partial charge in [0.2, 0.25) is 0 Å². The molecule has 1 aliphatic heterocycles. The average Bonchev–Trinajstić information content (AvgIpc) is 2.60. The van der Waals surface area contributed by atoms with Crippen LogP contribution >= 0.6 is 0 Å². The van der Waals surface area contributed by atoms with Crippen molar-refractivity contribution in [1.82, 2.24) is 10.2 Å². The molecule has 1 N–H and O–H groups in total. The van der Waals surface area contributed by atoms with Gasteiger partial charge in [0.1, 0.15) is 0 Å². The Balaban J connectivity index is 1.67. The van der Waals surface area contributed by atoms with E-state index in [1.165, 1.54) is 51.9 Å². The maximum Gasteiger partial charge on any atom is 0.00354 e. The first kappa shape index (κ1) is 12.4. The molecule has 0 amide bonds. The molecule has 1 unspecified atom stereocenters. The molecule has 0 aromatic heterocycles. The lowest BCUT2D eigenvalue weighted by molar-refractivity contribution is 0.0964. The summed E-state index contributed by atoms with van der Waals surface area (Å²) in [7, 11) is 0. The van der Waals surface area contributed by atoms with Gasteiger partial charge >= 0.3 is 0 Å². The van der Waals surface area contributed by atoms with Gasteiger partial charge in [-0.15, -0.1) is 0 Å². The summed E-state index contributed by atoms with van der Waals surface area (Å²) in [5.74, 6) is 0.895. The molecule has 1 aliphatic carbocycles. The van der Waals surface area contributed by atoms with Gasteiger partial charge < -0.3 is 10.2 Å². The summed E-state index contributed by atoms with van der Waals surface area (Å²) < 4.78 is 0. The Labute approximate surface area is 101 Å². The van der Waals surface area contributed by atoms with E-state index in [9.17, 15) is 0 Å². The fraction of sp³-hybridized carbons (Fsp3) is 1.00. The minimum Gasteiger partial charge on any atom is -0.314 e. The molecule has 16 heavy (non-hydrogen) atoms. The largest absolute Gasteiger partial charge is 0.314 e. The number of likely N-dealkylation sites (tertiary alicyclic amines) is 1. The average molecular weight is 224 g/mol. The van der Waals surface area contributed by atoms with E-state index >= 15 is 0 Å². The van der Waals surface area contributed by atoms with E-state index in [4.69, 9.17) is 0 Å². The van der Waals surface area contributed by atoms with Crippen LogP contribution in [-0.4, -0.2) is 37.1 Å². The van der Waals surface area contributed by atoms with Crippen LogP contribution in [0.1, 0.15) is 46.5 Å². The lowest BCUT2D eigenvalue weighted by atomic mass is 9.70. The van der Waals surface area contributed by atoms with E-state index in [0.717, 1.165) is 5.92 Å². The second-order valence-corrected chi connectivity index (χ2v) is 6.62. The summed E-state index contributed by atoms with van der Waals surface area (Å²) in [6, 6.07) is 0.637. The van der Waals surface area contributed by atoms with Gasteiger partial charge in [-0.25, -0.2) is 0 Å². The first-order chi connectivity index (χ1) is 7.57. The van der Waals surface area contributed by atoms with Crippen molar-refractivity contribution in [1.29, 1.82) is 0 Å². The summed E-state index contributed by atoms with van der Waals surface area (Å²) in [5, 5.41) is 3.57. The van der Waals surface area contributed by atoms with E-state index in [1.807, 2.05) is 0 Å². The smallest absolute Gasteiger partial charge is 0.00354 e. The molecule has 1 saturated carbocycles. The number of hydrogen-bond donors (Lipinski definition) is 1. The third-order valence-corrected chi connectivity index (χ3v) is 4.35. The van der Waals surface area contributed by atoms with Crippen LogP contribution in [0, 0.1) is 11.3 Å². The van der Waals surface area contributed by atoms with E-state index in [0.29, 0.717) is 11.5 Å². The topological polar surface area (TPSA) is 15.3 Å². The van der Waals surface area contributed by atoms with Crippen molar-refractivity contribution in [3.63, 3.8) is 0 Å². The van der Waals surface area contributed by atoms with Crippen molar-refractivity contribution in [2.75, 3.05) is 26.2 Å². The van der Waals surface area contributed by atoms with Gasteiger partial charge in [-0.2, -0.15) is 0 Å². The van der Waals surface area contributed by atoms with Crippen LogP contribution in [0.2, 0.25) is 0 Å². The molecular formula is C14H28N2. The van der Waals surface area contributed by atoms with Crippen molar-refractivity contribution in [2.45, 2.75) is 52.5 Å². The first-order valence-corrected chi connectivity index (χ1v) is 7.03. The number of rotatable bonds is 5. The molecule has 1 saturated heterocycles. The van der Waals surface area contributed by atoms with Gasteiger partial charge in [0.15, 0.2) is 0 Å². The molecule has 2 nitrogen and oxygen atoms in total. The molecule has 0 aromatic carbocycles. The van der Waals surface area contributed by atoms with Crippen molar-refractivity contribution >= 4 is 0 Å². The van der Waals surface area contributed by atoms with E-state index in [2.05, 4.69) is 31.0 Å². The Morgan fingerprint density at radius 3 is 2.69 bits per heavy atom. The van der Waals surface area contributed by atoms with Crippen LogP contribution in [0.4, 0.5) is 0 Å². The summed E-state index contributed by atoms with van der Waals surface area (Å²) >= 11 is 0. The maximum atomic E-state index is 3.57. The maximum absolute atomic E-state index is 3.57. The lowest BCUT2D eigenvalue weighted by Gasteiger charge is -2.41. The zero-order chi connectivity index (χ0) is 11.6. The minimum absolute atomic E-state index is 0.637. The summed E-state index contributed by atoms with van der Waals surface area (Å²) in [6.07, 6.45) is 5.77. The van der Waals surface area contributed by atoms with E-state index < -0.39 is 0 Å². The van der Waals surface area contributed by atoms with Crippen LogP contribution in [0.5, 0.6) is 0 Å². The molecule has 0 radical (unpaired) electrons. The highest BCUT2D eigenvalue weighted by atomic mass is 15.2. The molecule has 0 spiro atoms. The quantitative estimate of drug-likeness (QED) is 0.772. The highest BCUT2D eigenvalue weighted by molar-refractivity contribution is 4.89. The van der Waals surface area contributed by atoms with Crippen LogP contribution in [0.25, 0.3) is 0 Å². The van der Waals surface area contributed by atoms with Crippen molar-refractivity contribution in [3.8, 4) is 0 Å². The Hall–Kier alpha value is -0.0800. The first-order valence-electron chi connectivity index (χ1n) is 7.03. The van der Waals surface area contributed by atoms with Gasteiger partial charge in [0.05, 0.1) is 0 Å². The molecule has 1 atom stereocenters. The number of hydrogen-bond acceptors (Lipinski definition) is 2. The van der Waals surface area contributed by atoms with E-state index in [-0.39, 0.29) is 0 Å². The summed E-state index contributed by atoms with van der Waals surface area (Å²) in [4.78, 5) is 2.70. The molecule has 94 valence electrons. The van der Waals surface area contributed by atoms with Crippen LogP contribution in [0.15, 0.2) is 0 Å². The number of nitrogens with zero attached hydrogens (tertiary/aromatic N) is 1. The minimum atomic E-state index is 0.637. The molecule has 2 aliphatic rings. The van der Waals surface area contributed by atoms with E-state index in [1.54, 1.807) is 0 Å². The Morgan fingerprint density at radius 1 is 1.38 bits per heavy atom. The highest BCUT2D eigenvalue weighted by Gasteiger charge is 2.35. The molecule has 0 aromatic rings. The number of nitrogens with one attached hydrogen (secondary N) is 1. The highest BCUT2D eigenvalue weighted by Crippen LogP contribution is 2.41. The monoisotopic (exact) mass is 224 g/mol. The zero-order valence-electron chi connectivity index (χ0n) is 11.3. The predicted octanol–water partition coefficient (Wildman–Crippen LogP) is 2.50. The van der Waals surface area contributed by atoms with Gasteiger partial charge in [0, 0.05) is 19.1 Å². The van der Waals surface area contributed by atoms with Crippen LogP contribution < -0.4 is 5.32 Å². The predicted molar refractivity (Wildman–Crippen MR) is 69.6 cm³/mol. The third kappa shape index (κ3) is 3.21. The van der Waals surface area contributed by atoms with Crippen molar-refractivity contribution < 1.29 is 0 Å². The van der Waals surface area contributed by atoms with Crippen molar-refractivity contribution in [3.05, 3.63) is 0 Å². The van der Waals surface area contributed by atoms with Gasteiger partial charge in [-0.05, 0) is 43.7 Å². The standard InChI is InChI=1S/C14H28N2/c1-12(2)15-9-13-5-8-16(10-13)11-14(3)6-4-7-14/h12-13,15H,4-11H2,1-3H3. The summed E-state index contributed by atoms with van der Waals surface area (Å²) in [6.45, 7) is 12.2. The Morgan fingerprint density at radius 2 is 2.12 bits per heavy atom. The Kier molecular flexibility index (Phi) is 3.91. The molecule has 2 fully saturated rings. The molecule has 1 heterocycles. The van der Waals surface area contributed by atoms with Gasteiger partial charge in [-0.1, -0.05) is 27.2 Å². The molecule has 2 rings (SSSR count). The fourth-order valence-corrected chi connectivity index (χ4v) is 3.10. The van der Waals surface area contributed by atoms with Gasteiger partial charge in [-0.3, -0.25) is 0 Å². The van der Waals surface area contributed by atoms with Gasteiger partial charge in [0.25, 0.3) is 0 Å². The second kappa shape index (κ2) is 5.05. The van der Waals surface area contributed by atoms with Crippen LogP contribution in [0.3, 0.4) is 0 Å². The Bertz CT molecular complexity index is 221. The summed E-state index contributed by atoms with van der Waals surface area (Å²) in [5.41, 5.74) is 0.667. The zero-order valence-corrected chi connectivity index (χ0v) is 11.3. The molecule has 2 heteroatoms. The van der Waals surface area contributed by atoms with Crippen molar-refractivity contribution in [2.24, 2.45) is 11.3 Å². The third-order valence-electron chi connectivity index (χ3n) is 4.35. The van der Waals surface area contributed by atoms with Crippen LogP contribution in [-0.2, 0) is 0 Å². The normalized spacial score (nSPS) is 29.6. The SMILES string of the molecule is CC(C)NCC1CCN(CC2(C)CCC2)C1. The lowest BCUT2D eigenvalue weighted by Crippen LogP contribution is -2.39. The second-order valence-electron chi connectivity index (χ2n) is 6.62. The fourth-order valence-electron chi connectivity index (χ4n) is 3.10.